The molecule has 1 aliphatic carbocycles. The van der Waals surface area contributed by atoms with Crippen LogP contribution in [0.1, 0.15) is 37.4 Å². The highest BCUT2D eigenvalue weighted by Crippen LogP contribution is 2.38. The van der Waals surface area contributed by atoms with Gasteiger partial charge in [0.2, 0.25) is 5.91 Å². The van der Waals surface area contributed by atoms with Gasteiger partial charge in [-0.15, -0.1) is 0 Å². The Morgan fingerprint density at radius 1 is 1.46 bits per heavy atom. The van der Waals surface area contributed by atoms with E-state index in [1.807, 2.05) is 24.0 Å². The predicted octanol–water partition coefficient (Wildman–Crippen LogP) is 3.50. The Labute approximate surface area is 141 Å². The number of nitrogens with zero attached hydrogens (tertiary/aromatic N) is 2. The van der Waals surface area contributed by atoms with Crippen LogP contribution in [-0.4, -0.2) is 29.0 Å². The molecule has 124 valence electrons. The van der Waals surface area contributed by atoms with E-state index >= 15 is 0 Å². The Hall–Kier alpha value is -2.56. The minimum Gasteiger partial charge on any atom is -0.493 e. The summed E-state index contributed by atoms with van der Waals surface area (Å²) in [6.07, 6.45) is 8.48. The molecule has 0 bridgehead atoms. The normalized spacial score (nSPS) is 18.1. The average Bonchev–Trinajstić information content (AvgIpc) is 3.34. The number of imidazole rings is 1. The first-order chi connectivity index (χ1) is 11.8. The van der Waals surface area contributed by atoms with Crippen molar-refractivity contribution < 1.29 is 9.53 Å². The SMILES string of the molecule is CCN(C(=O)C1CC1)c1ccc2c(c1)C(=Cc1cnc[nH]1)CCO2. The molecule has 2 aliphatic rings. The van der Waals surface area contributed by atoms with Crippen LogP contribution in [-0.2, 0) is 4.79 Å². The summed E-state index contributed by atoms with van der Waals surface area (Å²) in [6, 6.07) is 6.05. The van der Waals surface area contributed by atoms with Crippen LogP contribution < -0.4 is 9.64 Å². The second-order valence-electron chi connectivity index (χ2n) is 6.31. The van der Waals surface area contributed by atoms with Gasteiger partial charge in [-0.2, -0.15) is 0 Å². The maximum atomic E-state index is 12.5. The predicted molar refractivity (Wildman–Crippen MR) is 93.8 cm³/mol. The second kappa shape index (κ2) is 6.15. The van der Waals surface area contributed by atoms with Crippen LogP contribution in [0.5, 0.6) is 5.75 Å². The Kier molecular flexibility index (Phi) is 3.84. The van der Waals surface area contributed by atoms with Gasteiger partial charge in [0, 0.05) is 30.1 Å². The van der Waals surface area contributed by atoms with E-state index in [-0.39, 0.29) is 11.8 Å². The van der Waals surface area contributed by atoms with Gasteiger partial charge >= 0.3 is 0 Å². The van der Waals surface area contributed by atoms with E-state index in [9.17, 15) is 4.79 Å². The minimum atomic E-state index is 0.220. The molecular weight excluding hydrogens is 302 g/mol. The zero-order valence-electron chi connectivity index (χ0n) is 13.8. The number of H-pyrrole nitrogens is 1. The van der Waals surface area contributed by atoms with Crippen LogP contribution in [0.3, 0.4) is 0 Å². The number of rotatable bonds is 4. The van der Waals surface area contributed by atoms with Crippen molar-refractivity contribution in [2.75, 3.05) is 18.1 Å². The molecule has 5 heteroatoms. The number of hydrogen-bond acceptors (Lipinski definition) is 3. The standard InChI is InChI=1S/C19H21N3O2/c1-2-22(19(23)13-3-4-13)16-5-6-18-17(10-16)14(7-8-24-18)9-15-11-20-12-21-15/h5-6,9-13H,2-4,7-8H2,1H3,(H,20,21). The number of aromatic nitrogens is 2. The Morgan fingerprint density at radius 2 is 2.33 bits per heavy atom. The van der Waals surface area contributed by atoms with E-state index in [0.717, 1.165) is 42.0 Å². The summed E-state index contributed by atoms with van der Waals surface area (Å²) in [6.45, 7) is 3.39. The van der Waals surface area contributed by atoms with Gasteiger partial charge in [0.05, 0.1) is 24.8 Å². The Balaban J connectivity index is 1.71. The fraction of sp³-hybridized carbons (Fsp3) is 0.368. The van der Waals surface area contributed by atoms with Gasteiger partial charge in [0.1, 0.15) is 5.75 Å². The summed E-state index contributed by atoms with van der Waals surface area (Å²) in [4.78, 5) is 21.6. The fourth-order valence-corrected chi connectivity index (χ4v) is 3.17. The maximum absolute atomic E-state index is 12.5. The topological polar surface area (TPSA) is 58.2 Å². The first-order valence-electron chi connectivity index (χ1n) is 8.54. The molecule has 1 fully saturated rings. The summed E-state index contributed by atoms with van der Waals surface area (Å²) < 4.78 is 5.79. The van der Waals surface area contributed by atoms with Gasteiger partial charge < -0.3 is 14.6 Å². The van der Waals surface area contributed by atoms with Crippen LogP contribution in [0.4, 0.5) is 5.69 Å². The number of benzene rings is 1. The van der Waals surface area contributed by atoms with Crippen LogP contribution >= 0.6 is 0 Å². The molecule has 1 aromatic carbocycles. The molecule has 0 radical (unpaired) electrons. The Bertz CT molecular complexity index is 776. The number of amides is 1. The lowest BCUT2D eigenvalue weighted by atomic mass is 9.97. The first kappa shape index (κ1) is 15.0. The van der Waals surface area contributed by atoms with Crippen molar-refractivity contribution in [2.24, 2.45) is 5.92 Å². The first-order valence-corrected chi connectivity index (χ1v) is 8.54. The Morgan fingerprint density at radius 3 is 3.04 bits per heavy atom. The van der Waals surface area contributed by atoms with E-state index in [1.165, 1.54) is 5.57 Å². The average molecular weight is 323 g/mol. The van der Waals surface area contributed by atoms with Crippen molar-refractivity contribution in [2.45, 2.75) is 26.2 Å². The van der Waals surface area contributed by atoms with E-state index in [1.54, 1.807) is 12.5 Å². The molecule has 2 heterocycles. The van der Waals surface area contributed by atoms with Gasteiger partial charge in [-0.1, -0.05) is 0 Å². The number of fused-ring (bicyclic) bond motifs is 1. The molecule has 0 unspecified atom stereocenters. The summed E-state index contributed by atoms with van der Waals surface area (Å²) in [5, 5.41) is 0. The number of nitrogens with one attached hydrogen (secondary N) is 1. The summed E-state index contributed by atoms with van der Waals surface area (Å²) >= 11 is 0. The number of anilines is 1. The molecule has 4 rings (SSSR count). The summed E-state index contributed by atoms with van der Waals surface area (Å²) in [7, 11) is 0. The molecule has 1 aliphatic heterocycles. The van der Waals surface area contributed by atoms with Crippen molar-refractivity contribution in [1.29, 1.82) is 0 Å². The van der Waals surface area contributed by atoms with Crippen LogP contribution in [0.15, 0.2) is 30.7 Å². The molecular formula is C19H21N3O2. The minimum absolute atomic E-state index is 0.220. The third-order valence-electron chi connectivity index (χ3n) is 4.61. The van der Waals surface area contributed by atoms with E-state index in [4.69, 9.17) is 4.74 Å². The maximum Gasteiger partial charge on any atom is 0.230 e. The lowest BCUT2D eigenvalue weighted by Gasteiger charge is -2.25. The highest BCUT2D eigenvalue weighted by Gasteiger charge is 2.33. The van der Waals surface area contributed by atoms with Gasteiger partial charge in [-0.25, -0.2) is 4.98 Å². The summed E-state index contributed by atoms with van der Waals surface area (Å²) in [5.74, 6) is 1.34. The lowest BCUT2D eigenvalue weighted by Crippen LogP contribution is -2.32. The van der Waals surface area contributed by atoms with Crippen LogP contribution in [0, 0.1) is 5.92 Å². The number of carbonyl (C=O) groups excluding carboxylic acids is 1. The van der Waals surface area contributed by atoms with Crippen molar-refractivity contribution in [3.05, 3.63) is 42.0 Å². The molecule has 1 N–H and O–H groups in total. The van der Waals surface area contributed by atoms with Crippen molar-refractivity contribution in [3.63, 3.8) is 0 Å². The fourth-order valence-electron chi connectivity index (χ4n) is 3.17. The molecule has 0 spiro atoms. The highest BCUT2D eigenvalue weighted by atomic mass is 16.5. The molecule has 0 atom stereocenters. The number of aromatic amines is 1. The van der Waals surface area contributed by atoms with E-state index in [0.29, 0.717) is 13.2 Å². The summed E-state index contributed by atoms with van der Waals surface area (Å²) in [5.41, 5.74) is 4.20. The van der Waals surface area contributed by atoms with Gasteiger partial charge in [-0.05, 0) is 49.6 Å². The zero-order valence-corrected chi connectivity index (χ0v) is 13.8. The number of carbonyl (C=O) groups is 1. The highest BCUT2D eigenvalue weighted by molar-refractivity contribution is 5.97. The molecule has 0 saturated heterocycles. The third-order valence-corrected chi connectivity index (χ3v) is 4.61. The zero-order chi connectivity index (χ0) is 16.5. The number of hydrogen-bond donors (Lipinski definition) is 1. The quantitative estimate of drug-likeness (QED) is 0.937. The van der Waals surface area contributed by atoms with Crippen molar-refractivity contribution >= 4 is 23.2 Å². The second-order valence-corrected chi connectivity index (χ2v) is 6.31. The van der Waals surface area contributed by atoms with Crippen molar-refractivity contribution in [3.8, 4) is 5.75 Å². The van der Waals surface area contributed by atoms with Gasteiger partial charge in [-0.3, -0.25) is 4.79 Å². The van der Waals surface area contributed by atoms with E-state index < -0.39 is 0 Å². The third kappa shape index (κ3) is 2.82. The monoisotopic (exact) mass is 323 g/mol. The number of ether oxygens (including phenoxy) is 1. The molecule has 5 nitrogen and oxygen atoms in total. The van der Waals surface area contributed by atoms with Crippen LogP contribution in [0.2, 0.25) is 0 Å². The van der Waals surface area contributed by atoms with Crippen LogP contribution in [0.25, 0.3) is 11.6 Å². The molecule has 24 heavy (non-hydrogen) atoms. The molecule has 1 aromatic heterocycles. The van der Waals surface area contributed by atoms with Gasteiger partial charge in [0.15, 0.2) is 0 Å². The van der Waals surface area contributed by atoms with Crippen molar-refractivity contribution in [1.82, 2.24) is 9.97 Å². The lowest BCUT2D eigenvalue weighted by molar-refractivity contribution is -0.119. The molecule has 1 amide bonds. The smallest absolute Gasteiger partial charge is 0.230 e. The molecule has 2 aromatic rings. The van der Waals surface area contributed by atoms with E-state index in [2.05, 4.69) is 22.1 Å². The molecule has 1 saturated carbocycles. The van der Waals surface area contributed by atoms with Gasteiger partial charge in [0.25, 0.3) is 0 Å². The largest absolute Gasteiger partial charge is 0.493 e.